The van der Waals surface area contributed by atoms with E-state index in [9.17, 15) is 0 Å². The van der Waals surface area contributed by atoms with E-state index in [0.717, 1.165) is 5.75 Å². The van der Waals surface area contributed by atoms with Gasteiger partial charge in [0.2, 0.25) is 11.1 Å². The summed E-state index contributed by atoms with van der Waals surface area (Å²) < 4.78 is 0. The molecule has 0 bridgehead atoms. The number of hydrogen-bond acceptors (Lipinski definition) is 4. The van der Waals surface area contributed by atoms with Crippen LogP contribution in [-0.2, 0) is 0 Å². The molecule has 16 heavy (non-hydrogen) atoms. The van der Waals surface area contributed by atoms with Gasteiger partial charge in [0.1, 0.15) is 0 Å². The molecule has 1 heterocycles. The highest BCUT2D eigenvalue weighted by Gasteiger charge is 1.97. The van der Waals surface area contributed by atoms with Crippen LogP contribution in [0, 0.1) is 0 Å². The molecule has 0 aliphatic carbocycles. The molecule has 5 heteroatoms. The van der Waals surface area contributed by atoms with E-state index >= 15 is 0 Å². The summed E-state index contributed by atoms with van der Waals surface area (Å²) in [7, 11) is 0. The van der Waals surface area contributed by atoms with E-state index in [1.54, 1.807) is 11.8 Å². The lowest BCUT2D eigenvalue weighted by molar-refractivity contribution is 0.975. The maximum Gasteiger partial charge on any atom is 0.216 e. The summed E-state index contributed by atoms with van der Waals surface area (Å²) >= 11 is 1.54. The second kappa shape index (κ2) is 5.37. The first-order valence-corrected chi connectivity index (χ1v) is 5.85. The topological polar surface area (TPSA) is 67.6 Å². The Labute approximate surface area is 98.0 Å². The first kappa shape index (κ1) is 10.8. The normalized spacial score (nSPS) is 11.0. The summed E-state index contributed by atoms with van der Waals surface area (Å²) in [4.78, 5) is 4.00. The third-order valence-electron chi connectivity index (χ3n) is 1.90. The first-order valence-electron chi connectivity index (χ1n) is 4.87. The summed E-state index contributed by atoms with van der Waals surface area (Å²) in [5.41, 5.74) is 6.61. The van der Waals surface area contributed by atoms with E-state index in [-0.39, 0.29) is 0 Å². The number of benzene rings is 1. The molecule has 0 spiro atoms. The SMILES string of the molecule is Nc1nc(SC/C=C\c2ccccc2)n[nH]1. The van der Waals surface area contributed by atoms with Crippen molar-refractivity contribution in [1.82, 2.24) is 15.2 Å². The Bertz CT molecular complexity index is 464. The molecular weight excluding hydrogens is 220 g/mol. The fourth-order valence-corrected chi connectivity index (χ4v) is 1.81. The molecule has 0 unspecified atom stereocenters. The standard InChI is InChI=1S/C11H12N4S/c12-10-13-11(15-14-10)16-8-4-7-9-5-2-1-3-6-9/h1-7H,8H2,(H3,12,13,14,15)/b7-4-. The number of thioether (sulfide) groups is 1. The number of aromatic amines is 1. The molecular formula is C11H12N4S. The molecule has 1 aromatic heterocycles. The average molecular weight is 232 g/mol. The smallest absolute Gasteiger partial charge is 0.216 e. The van der Waals surface area contributed by atoms with Crippen molar-refractivity contribution in [2.45, 2.75) is 5.16 Å². The van der Waals surface area contributed by atoms with Gasteiger partial charge in [-0.2, -0.15) is 4.98 Å². The van der Waals surface area contributed by atoms with Crippen LogP contribution in [0.4, 0.5) is 5.95 Å². The van der Waals surface area contributed by atoms with E-state index in [4.69, 9.17) is 5.73 Å². The number of aromatic nitrogens is 3. The molecule has 0 saturated heterocycles. The van der Waals surface area contributed by atoms with Crippen molar-refractivity contribution in [2.24, 2.45) is 0 Å². The number of nitrogens with one attached hydrogen (secondary N) is 1. The highest BCUT2D eigenvalue weighted by Crippen LogP contribution is 2.13. The first-order chi connectivity index (χ1) is 7.84. The molecule has 3 N–H and O–H groups in total. The van der Waals surface area contributed by atoms with Crippen molar-refractivity contribution >= 4 is 23.8 Å². The number of anilines is 1. The van der Waals surface area contributed by atoms with Crippen LogP contribution in [0.2, 0.25) is 0 Å². The molecule has 82 valence electrons. The fourth-order valence-electron chi connectivity index (χ4n) is 1.19. The van der Waals surface area contributed by atoms with Gasteiger partial charge in [-0.25, -0.2) is 5.10 Å². The van der Waals surface area contributed by atoms with Gasteiger partial charge in [0.25, 0.3) is 0 Å². The van der Waals surface area contributed by atoms with Crippen LogP contribution in [0.3, 0.4) is 0 Å². The van der Waals surface area contributed by atoms with Gasteiger partial charge in [-0.15, -0.1) is 5.10 Å². The minimum atomic E-state index is 0.356. The molecule has 1 aromatic carbocycles. The Morgan fingerprint density at radius 1 is 1.31 bits per heavy atom. The summed E-state index contributed by atoms with van der Waals surface area (Å²) in [6.45, 7) is 0. The second-order valence-electron chi connectivity index (χ2n) is 3.13. The van der Waals surface area contributed by atoms with Crippen molar-refractivity contribution in [1.29, 1.82) is 0 Å². The van der Waals surface area contributed by atoms with E-state index in [1.807, 2.05) is 18.2 Å². The van der Waals surface area contributed by atoms with Crippen molar-refractivity contribution in [3.8, 4) is 0 Å². The predicted molar refractivity (Wildman–Crippen MR) is 67.0 cm³/mol. The highest BCUT2D eigenvalue weighted by atomic mass is 32.2. The van der Waals surface area contributed by atoms with Gasteiger partial charge in [-0.3, -0.25) is 0 Å². The van der Waals surface area contributed by atoms with Crippen LogP contribution >= 0.6 is 11.8 Å². The lowest BCUT2D eigenvalue weighted by atomic mass is 10.2. The van der Waals surface area contributed by atoms with E-state index in [1.165, 1.54) is 5.56 Å². The molecule has 2 rings (SSSR count). The van der Waals surface area contributed by atoms with Crippen LogP contribution in [0.1, 0.15) is 5.56 Å². The summed E-state index contributed by atoms with van der Waals surface area (Å²) in [5, 5.41) is 7.20. The molecule has 0 saturated carbocycles. The summed E-state index contributed by atoms with van der Waals surface area (Å²) in [6.07, 6.45) is 4.15. The van der Waals surface area contributed by atoms with Crippen LogP contribution in [-0.4, -0.2) is 20.9 Å². The van der Waals surface area contributed by atoms with Crippen LogP contribution in [0.25, 0.3) is 6.08 Å². The summed E-state index contributed by atoms with van der Waals surface area (Å²) in [5.74, 6) is 1.18. The number of nitrogens with zero attached hydrogens (tertiary/aromatic N) is 2. The molecule has 4 nitrogen and oxygen atoms in total. The second-order valence-corrected chi connectivity index (χ2v) is 4.11. The van der Waals surface area contributed by atoms with Gasteiger partial charge in [-0.1, -0.05) is 54.2 Å². The molecule has 0 radical (unpaired) electrons. The van der Waals surface area contributed by atoms with E-state index < -0.39 is 0 Å². The van der Waals surface area contributed by atoms with Crippen molar-refractivity contribution < 1.29 is 0 Å². The van der Waals surface area contributed by atoms with Gasteiger partial charge in [0.15, 0.2) is 0 Å². The zero-order valence-electron chi connectivity index (χ0n) is 8.63. The van der Waals surface area contributed by atoms with Crippen molar-refractivity contribution in [2.75, 3.05) is 11.5 Å². The Morgan fingerprint density at radius 3 is 2.81 bits per heavy atom. The minimum absolute atomic E-state index is 0.356. The molecule has 2 aromatic rings. The Hall–Kier alpha value is -1.75. The largest absolute Gasteiger partial charge is 0.368 e. The number of H-pyrrole nitrogens is 1. The number of hydrogen-bond donors (Lipinski definition) is 2. The maximum atomic E-state index is 5.41. The maximum absolute atomic E-state index is 5.41. The van der Waals surface area contributed by atoms with Gasteiger partial charge < -0.3 is 5.73 Å². The van der Waals surface area contributed by atoms with Gasteiger partial charge in [0.05, 0.1) is 0 Å². The van der Waals surface area contributed by atoms with Gasteiger partial charge in [0, 0.05) is 5.75 Å². The quantitative estimate of drug-likeness (QED) is 0.793. The third-order valence-corrected chi connectivity index (χ3v) is 2.70. The molecule has 0 fully saturated rings. The number of nitrogen functional groups attached to an aromatic ring is 1. The fraction of sp³-hybridized carbons (Fsp3) is 0.0909. The van der Waals surface area contributed by atoms with Crippen LogP contribution in [0.5, 0.6) is 0 Å². The zero-order chi connectivity index (χ0) is 11.2. The van der Waals surface area contributed by atoms with Crippen LogP contribution in [0.15, 0.2) is 41.6 Å². The van der Waals surface area contributed by atoms with Crippen molar-refractivity contribution in [3.63, 3.8) is 0 Å². The van der Waals surface area contributed by atoms with Crippen LogP contribution < -0.4 is 5.73 Å². The highest BCUT2D eigenvalue weighted by molar-refractivity contribution is 7.99. The molecule has 0 aliphatic heterocycles. The van der Waals surface area contributed by atoms with E-state index in [0.29, 0.717) is 11.1 Å². The lowest BCUT2D eigenvalue weighted by Gasteiger charge is -1.91. The predicted octanol–water partition coefficient (Wildman–Crippen LogP) is 2.19. The lowest BCUT2D eigenvalue weighted by Crippen LogP contribution is -1.85. The Balaban J connectivity index is 1.82. The van der Waals surface area contributed by atoms with Gasteiger partial charge in [-0.05, 0) is 5.56 Å². The molecule has 0 amide bonds. The monoisotopic (exact) mass is 232 g/mol. The molecule has 0 atom stereocenters. The average Bonchev–Trinajstić information content (AvgIpc) is 2.72. The molecule has 0 aliphatic rings. The summed E-state index contributed by atoms with van der Waals surface area (Å²) in [6, 6.07) is 10.2. The van der Waals surface area contributed by atoms with Gasteiger partial charge >= 0.3 is 0 Å². The van der Waals surface area contributed by atoms with Crippen molar-refractivity contribution in [3.05, 3.63) is 42.0 Å². The number of nitrogens with two attached hydrogens (primary N) is 1. The minimum Gasteiger partial charge on any atom is -0.368 e. The zero-order valence-corrected chi connectivity index (χ0v) is 9.45. The number of rotatable bonds is 4. The van der Waals surface area contributed by atoms with E-state index in [2.05, 4.69) is 39.5 Å². The third kappa shape index (κ3) is 3.13. The Kier molecular flexibility index (Phi) is 3.61. The Morgan fingerprint density at radius 2 is 2.12 bits per heavy atom.